The summed E-state index contributed by atoms with van der Waals surface area (Å²) in [7, 11) is -1.74. The van der Waals surface area contributed by atoms with E-state index in [9.17, 15) is 0 Å². The fraction of sp³-hybridized carbons (Fsp3) is 0.0222. The van der Waals surface area contributed by atoms with E-state index < -0.39 is 15.8 Å². The molecule has 2 heteroatoms. The standard InChI is InChI=1S/C45H36P2/c1-3-35-20-16-18-30-41(35)44(34(2)46(37-22-8-4-9-23-37)38-24-10-5-11-25-38)45-42-31-19-17-21-36(42)32-33-43(45)47(39-26-12-6-13-27-39)40-28-14-7-15-29-40/h3-33H,1H2,2H3. The molecule has 0 spiro atoms. The molecule has 0 amide bonds. The Morgan fingerprint density at radius 1 is 0.489 bits per heavy atom. The van der Waals surface area contributed by atoms with Gasteiger partial charge in [0.05, 0.1) is 0 Å². The van der Waals surface area contributed by atoms with Gasteiger partial charge >= 0.3 is 0 Å². The number of rotatable bonds is 9. The highest BCUT2D eigenvalue weighted by Crippen LogP contribution is 2.50. The first kappa shape index (κ1) is 30.8. The second kappa shape index (κ2) is 14.3. The van der Waals surface area contributed by atoms with Gasteiger partial charge in [-0.25, -0.2) is 0 Å². The first-order chi connectivity index (χ1) is 23.2. The number of hydrogen-bond donors (Lipinski definition) is 0. The molecule has 0 heterocycles. The van der Waals surface area contributed by atoms with Crippen molar-refractivity contribution in [1.82, 2.24) is 0 Å². The van der Waals surface area contributed by atoms with Gasteiger partial charge in [0, 0.05) is 0 Å². The van der Waals surface area contributed by atoms with Gasteiger partial charge in [-0.2, -0.15) is 0 Å². The lowest BCUT2D eigenvalue weighted by atomic mass is 9.90. The van der Waals surface area contributed by atoms with E-state index >= 15 is 0 Å². The van der Waals surface area contributed by atoms with Gasteiger partial charge in [0.1, 0.15) is 0 Å². The fourth-order valence-corrected chi connectivity index (χ4v) is 11.4. The minimum Gasteiger partial charge on any atom is -0.0984 e. The van der Waals surface area contributed by atoms with Crippen LogP contribution in [0.1, 0.15) is 23.6 Å². The summed E-state index contributed by atoms with van der Waals surface area (Å²) in [5.41, 5.74) is 4.96. The summed E-state index contributed by atoms with van der Waals surface area (Å²) in [5.74, 6) is 0. The van der Waals surface area contributed by atoms with Crippen LogP contribution in [0, 0.1) is 0 Å². The molecule has 0 unspecified atom stereocenters. The van der Waals surface area contributed by atoms with E-state index in [0.717, 1.165) is 5.56 Å². The second-order valence-electron chi connectivity index (χ2n) is 11.4. The molecule has 0 saturated carbocycles. The molecular formula is C45H36P2. The minimum atomic E-state index is -0.882. The molecule has 0 aromatic heterocycles. The van der Waals surface area contributed by atoms with Crippen molar-refractivity contribution in [2.24, 2.45) is 0 Å². The van der Waals surface area contributed by atoms with E-state index in [0.29, 0.717) is 0 Å². The Kier molecular flexibility index (Phi) is 9.35. The molecule has 0 aliphatic carbocycles. The Bertz CT molecular complexity index is 2070. The monoisotopic (exact) mass is 638 g/mol. The van der Waals surface area contributed by atoms with Gasteiger partial charge in [-0.1, -0.05) is 195 Å². The Morgan fingerprint density at radius 3 is 1.51 bits per heavy atom. The molecule has 0 aliphatic heterocycles. The number of fused-ring (bicyclic) bond motifs is 1. The Hall–Kier alpha value is -4.86. The molecule has 7 aromatic carbocycles. The quantitative estimate of drug-likeness (QED) is 0.138. The average molecular weight is 639 g/mol. The van der Waals surface area contributed by atoms with Crippen molar-refractivity contribution in [2.45, 2.75) is 6.92 Å². The molecule has 0 fully saturated rings. The molecule has 0 atom stereocenters. The summed E-state index contributed by atoms with van der Waals surface area (Å²) in [6.07, 6.45) is 2.01. The van der Waals surface area contributed by atoms with E-state index in [1.54, 1.807) is 0 Å². The Morgan fingerprint density at radius 2 is 0.957 bits per heavy atom. The van der Waals surface area contributed by atoms with Crippen molar-refractivity contribution in [3.05, 3.63) is 211 Å². The topological polar surface area (TPSA) is 0 Å². The summed E-state index contributed by atoms with van der Waals surface area (Å²) < 4.78 is 0. The maximum atomic E-state index is 4.29. The van der Waals surface area contributed by atoms with Crippen LogP contribution in [0.2, 0.25) is 0 Å². The van der Waals surface area contributed by atoms with Crippen molar-refractivity contribution in [3.8, 4) is 0 Å². The second-order valence-corrected chi connectivity index (χ2v) is 16.0. The van der Waals surface area contributed by atoms with Crippen LogP contribution in [-0.2, 0) is 0 Å². The molecule has 47 heavy (non-hydrogen) atoms. The lowest BCUT2D eigenvalue weighted by Crippen LogP contribution is -2.24. The predicted octanol–water partition coefficient (Wildman–Crippen LogP) is 10.2. The van der Waals surface area contributed by atoms with Gasteiger partial charge in [-0.15, -0.1) is 0 Å². The van der Waals surface area contributed by atoms with Gasteiger partial charge < -0.3 is 0 Å². The van der Waals surface area contributed by atoms with Crippen molar-refractivity contribution in [2.75, 3.05) is 0 Å². The van der Waals surface area contributed by atoms with Crippen molar-refractivity contribution in [1.29, 1.82) is 0 Å². The summed E-state index contributed by atoms with van der Waals surface area (Å²) >= 11 is 0. The first-order valence-electron chi connectivity index (χ1n) is 16.0. The van der Waals surface area contributed by atoms with Crippen LogP contribution < -0.4 is 26.5 Å². The van der Waals surface area contributed by atoms with Gasteiger partial charge in [0.15, 0.2) is 0 Å². The molecule has 0 radical (unpaired) electrons. The van der Waals surface area contributed by atoms with Crippen LogP contribution in [0.4, 0.5) is 0 Å². The number of allylic oxidation sites excluding steroid dienone is 1. The number of hydrogen-bond acceptors (Lipinski definition) is 0. The summed E-state index contributed by atoms with van der Waals surface area (Å²) in [6, 6.07) is 66.6. The summed E-state index contributed by atoms with van der Waals surface area (Å²) in [4.78, 5) is 0. The van der Waals surface area contributed by atoms with E-state index in [-0.39, 0.29) is 0 Å². The smallest absolute Gasteiger partial charge is 0.00122 e. The average Bonchev–Trinajstić information content (AvgIpc) is 3.14. The summed E-state index contributed by atoms with van der Waals surface area (Å²) in [5, 5.41) is 10.6. The molecule has 0 N–H and O–H groups in total. The molecule has 226 valence electrons. The highest BCUT2D eigenvalue weighted by Gasteiger charge is 2.28. The lowest BCUT2D eigenvalue weighted by molar-refractivity contribution is 1.52. The largest absolute Gasteiger partial charge is 0.0984 e. The highest BCUT2D eigenvalue weighted by atomic mass is 31.1. The van der Waals surface area contributed by atoms with Crippen LogP contribution in [0.25, 0.3) is 22.4 Å². The number of benzene rings is 7. The van der Waals surface area contributed by atoms with Crippen LogP contribution in [0.15, 0.2) is 194 Å². The van der Waals surface area contributed by atoms with E-state index in [1.807, 2.05) is 6.08 Å². The molecule has 0 saturated heterocycles. The predicted molar refractivity (Wildman–Crippen MR) is 210 cm³/mol. The molecule has 0 nitrogen and oxygen atoms in total. The Labute approximate surface area is 281 Å². The van der Waals surface area contributed by atoms with Crippen LogP contribution in [0.3, 0.4) is 0 Å². The molecule has 7 aromatic rings. The normalized spacial score (nSPS) is 11.9. The third-order valence-corrected chi connectivity index (χ3v) is 13.6. The Balaban J connectivity index is 1.65. The van der Waals surface area contributed by atoms with E-state index in [4.69, 9.17) is 0 Å². The van der Waals surface area contributed by atoms with Gasteiger partial charge in [0.2, 0.25) is 0 Å². The lowest BCUT2D eigenvalue weighted by Gasteiger charge is -2.29. The molecule has 0 aliphatic rings. The van der Waals surface area contributed by atoms with Gasteiger partial charge in [0.25, 0.3) is 0 Å². The zero-order chi connectivity index (χ0) is 32.0. The third kappa shape index (κ3) is 6.28. The third-order valence-electron chi connectivity index (χ3n) is 8.60. The molecule has 7 rings (SSSR count). The molecule has 0 bridgehead atoms. The van der Waals surface area contributed by atoms with Crippen molar-refractivity contribution in [3.63, 3.8) is 0 Å². The van der Waals surface area contributed by atoms with E-state index in [2.05, 4.69) is 195 Å². The van der Waals surface area contributed by atoms with Crippen molar-refractivity contribution < 1.29 is 0 Å². The van der Waals surface area contributed by atoms with E-state index in [1.165, 1.54) is 59.3 Å². The van der Waals surface area contributed by atoms with Crippen LogP contribution in [0.5, 0.6) is 0 Å². The summed E-state index contributed by atoms with van der Waals surface area (Å²) in [6.45, 7) is 6.66. The SMILES string of the molecule is C=Cc1ccccc1C(=C(C)P(c1ccccc1)c1ccccc1)c1c(P(c2ccccc2)c2ccccc2)ccc2ccccc12. The van der Waals surface area contributed by atoms with Crippen LogP contribution >= 0.6 is 15.8 Å². The van der Waals surface area contributed by atoms with Gasteiger partial charge in [-0.3, -0.25) is 0 Å². The molecular weight excluding hydrogens is 602 g/mol. The highest BCUT2D eigenvalue weighted by molar-refractivity contribution is 7.80. The van der Waals surface area contributed by atoms with Gasteiger partial charge in [-0.05, 0) is 87.6 Å². The maximum Gasteiger partial charge on any atom is -0.00122 e. The first-order valence-corrected chi connectivity index (χ1v) is 18.7. The van der Waals surface area contributed by atoms with Crippen LogP contribution in [-0.4, -0.2) is 0 Å². The minimum absolute atomic E-state index is 0.859. The maximum absolute atomic E-state index is 4.29. The fourth-order valence-electron chi connectivity index (χ4n) is 6.51. The zero-order valence-electron chi connectivity index (χ0n) is 26.5. The zero-order valence-corrected chi connectivity index (χ0v) is 28.3. The van der Waals surface area contributed by atoms with Crippen molar-refractivity contribution >= 4 is 64.8 Å².